The molecule has 0 aliphatic heterocycles. The van der Waals surface area contributed by atoms with Crippen LogP contribution in [0.25, 0.3) is 5.57 Å². The van der Waals surface area contributed by atoms with Crippen molar-refractivity contribution in [1.82, 2.24) is 0 Å². The van der Waals surface area contributed by atoms with Crippen molar-refractivity contribution < 1.29 is 4.74 Å². The average Bonchev–Trinajstić information content (AvgIpc) is 2.17. The summed E-state index contributed by atoms with van der Waals surface area (Å²) in [4.78, 5) is 0. The Morgan fingerprint density at radius 1 is 1.42 bits per heavy atom. The van der Waals surface area contributed by atoms with Crippen LogP contribution in [0.3, 0.4) is 0 Å². The molecule has 0 saturated carbocycles. The second kappa shape index (κ2) is 3.59. The molecule has 0 aromatic heterocycles. The lowest BCUT2D eigenvalue weighted by atomic mass is 10.1. The molecule has 0 spiro atoms. The van der Waals surface area contributed by atoms with Crippen LogP contribution in [-0.2, 0) is 0 Å². The van der Waals surface area contributed by atoms with Crippen molar-refractivity contribution in [3.8, 4) is 11.8 Å². The second-order valence-electron chi connectivity index (χ2n) is 2.32. The molecule has 0 aliphatic carbocycles. The molecule has 0 aliphatic rings. The van der Waals surface area contributed by atoms with Gasteiger partial charge in [-0.25, -0.2) is 0 Å². The quantitative estimate of drug-likeness (QED) is 0.620. The molecule has 2 nitrogen and oxygen atoms in total. The van der Waals surface area contributed by atoms with E-state index >= 15 is 0 Å². The van der Waals surface area contributed by atoms with Gasteiger partial charge in [-0.2, -0.15) is 5.26 Å². The monoisotopic (exact) mass is 159 g/mol. The normalized spacial score (nSPS) is 8.67. The van der Waals surface area contributed by atoms with E-state index in [1.807, 2.05) is 18.2 Å². The third-order valence-corrected chi connectivity index (χ3v) is 1.57. The van der Waals surface area contributed by atoms with Crippen LogP contribution in [0.4, 0.5) is 0 Å². The Balaban J connectivity index is 2.94. The Morgan fingerprint density at radius 3 is 2.42 bits per heavy atom. The summed E-state index contributed by atoms with van der Waals surface area (Å²) >= 11 is 0. The van der Waals surface area contributed by atoms with E-state index in [1.54, 1.807) is 19.2 Å². The molecule has 0 amide bonds. The van der Waals surface area contributed by atoms with Gasteiger partial charge in [0.2, 0.25) is 0 Å². The first kappa shape index (κ1) is 8.35. The van der Waals surface area contributed by atoms with Gasteiger partial charge in [-0.3, -0.25) is 0 Å². The summed E-state index contributed by atoms with van der Waals surface area (Å²) in [7, 11) is 1.61. The maximum Gasteiger partial charge on any atom is 0.118 e. The van der Waals surface area contributed by atoms with Crippen LogP contribution in [0.15, 0.2) is 30.8 Å². The standard InChI is InChI=1S/C10H9NO/c1-8(7-11)9-3-5-10(12-2)6-4-9/h3-6H,1H2,2H3. The molecule has 0 heterocycles. The molecule has 0 atom stereocenters. The first-order valence-electron chi connectivity index (χ1n) is 3.51. The number of benzene rings is 1. The van der Waals surface area contributed by atoms with Gasteiger partial charge in [0.1, 0.15) is 5.75 Å². The highest BCUT2D eigenvalue weighted by atomic mass is 16.5. The third kappa shape index (κ3) is 1.64. The summed E-state index contributed by atoms with van der Waals surface area (Å²) in [6, 6.07) is 9.21. The number of nitriles is 1. The van der Waals surface area contributed by atoms with E-state index in [2.05, 4.69) is 6.58 Å². The fourth-order valence-corrected chi connectivity index (χ4v) is 0.857. The Bertz CT molecular complexity index is 319. The molecule has 1 aromatic rings. The molecular formula is C10H9NO. The van der Waals surface area contributed by atoms with Gasteiger partial charge in [0.25, 0.3) is 0 Å². The number of hydrogen-bond donors (Lipinski definition) is 0. The van der Waals surface area contributed by atoms with Gasteiger partial charge < -0.3 is 4.74 Å². The second-order valence-corrected chi connectivity index (χ2v) is 2.32. The summed E-state index contributed by atoms with van der Waals surface area (Å²) in [5, 5.41) is 8.53. The molecule has 12 heavy (non-hydrogen) atoms. The van der Waals surface area contributed by atoms with E-state index in [-0.39, 0.29) is 0 Å². The van der Waals surface area contributed by atoms with Crippen molar-refractivity contribution in [1.29, 1.82) is 5.26 Å². The van der Waals surface area contributed by atoms with E-state index in [0.717, 1.165) is 11.3 Å². The summed E-state index contributed by atoms with van der Waals surface area (Å²) in [6.45, 7) is 3.60. The van der Waals surface area contributed by atoms with Crippen molar-refractivity contribution in [2.45, 2.75) is 0 Å². The largest absolute Gasteiger partial charge is 0.497 e. The molecule has 1 rings (SSSR count). The van der Waals surface area contributed by atoms with Gasteiger partial charge in [-0.15, -0.1) is 0 Å². The van der Waals surface area contributed by atoms with Gasteiger partial charge in [-0.05, 0) is 29.8 Å². The van der Waals surface area contributed by atoms with E-state index < -0.39 is 0 Å². The van der Waals surface area contributed by atoms with Crippen LogP contribution in [0.1, 0.15) is 5.56 Å². The molecule has 0 unspecified atom stereocenters. The summed E-state index contributed by atoms with van der Waals surface area (Å²) < 4.78 is 4.97. The number of rotatable bonds is 2. The molecule has 60 valence electrons. The first-order valence-corrected chi connectivity index (χ1v) is 3.51. The fourth-order valence-electron chi connectivity index (χ4n) is 0.857. The average molecular weight is 159 g/mol. The van der Waals surface area contributed by atoms with E-state index in [4.69, 9.17) is 10.00 Å². The molecular weight excluding hydrogens is 150 g/mol. The van der Waals surface area contributed by atoms with E-state index in [9.17, 15) is 0 Å². The maximum atomic E-state index is 8.53. The number of methoxy groups -OCH3 is 1. The van der Waals surface area contributed by atoms with Crippen LogP contribution >= 0.6 is 0 Å². The smallest absolute Gasteiger partial charge is 0.118 e. The van der Waals surface area contributed by atoms with Crippen molar-refractivity contribution in [2.75, 3.05) is 7.11 Å². The lowest BCUT2D eigenvalue weighted by Crippen LogP contribution is -1.83. The zero-order chi connectivity index (χ0) is 8.97. The summed E-state index contributed by atoms with van der Waals surface area (Å²) in [5.41, 5.74) is 1.30. The molecule has 0 radical (unpaired) electrons. The highest BCUT2D eigenvalue weighted by molar-refractivity contribution is 5.74. The third-order valence-electron chi connectivity index (χ3n) is 1.57. The topological polar surface area (TPSA) is 33.0 Å². The Kier molecular flexibility index (Phi) is 2.49. The van der Waals surface area contributed by atoms with Crippen LogP contribution in [0.2, 0.25) is 0 Å². The highest BCUT2D eigenvalue weighted by Crippen LogP contribution is 2.16. The predicted molar refractivity (Wildman–Crippen MR) is 47.6 cm³/mol. The molecule has 0 fully saturated rings. The Hall–Kier alpha value is -1.75. The van der Waals surface area contributed by atoms with Crippen LogP contribution in [0.5, 0.6) is 5.75 Å². The number of ether oxygens (including phenoxy) is 1. The Morgan fingerprint density at radius 2 is 2.00 bits per heavy atom. The van der Waals surface area contributed by atoms with Crippen molar-refractivity contribution >= 4 is 5.57 Å². The molecule has 0 N–H and O–H groups in total. The minimum Gasteiger partial charge on any atom is -0.497 e. The van der Waals surface area contributed by atoms with Gasteiger partial charge in [0.15, 0.2) is 0 Å². The minimum atomic E-state index is 0.470. The van der Waals surface area contributed by atoms with Crippen LogP contribution in [0, 0.1) is 11.3 Å². The number of nitrogens with zero attached hydrogens (tertiary/aromatic N) is 1. The molecule has 0 bridgehead atoms. The van der Waals surface area contributed by atoms with Crippen LogP contribution in [-0.4, -0.2) is 7.11 Å². The number of allylic oxidation sites excluding steroid dienone is 1. The van der Waals surface area contributed by atoms with E-state index in [1.165, 1.54) is 0 Å². The lowest BCUT2D eigenvalue weighted by Gasteiger charge is -2.00. The van der Waals surface area contributed by atoms with Gasteiger partial charge in [0, 0.05) is 0 Å². The summed E-state index contributed by atoms with van der Waals surface area (Å²) in [6.07, 6.45) is 0. The molecule has 0 saturated heterocycles. The lowest BCUT2D eigenvalue weighted by molar-refractivity contribution is 0.415. The first-order chi connectivity index (χ1) is 5.77. The summed E-state index contributed by atoms with van der Waals surface area (Å²) in [5.74, 6) is 0.782. The van der Waals surface area contributed by atoms with Crippen molar-refractivity contribution in [3.63, 3.8) is 0 Å². The van der Waals surface area contributed by atoms with Gasteiger partial charge in [0.05, 0.1) is 18.8 Å². The predicted octanol–water partition coefficient (Wildman–Crippen LogP) is 2.23. The number of hydrogen-bond acceptors (Lipinski definition) is 2. The van der Waals surface area contributed by atoms with Gasteiger partial charge >= 0.3 is 0 Å². The Labute approximate surface area is 71.7 Å². The maximum absolute atomic E-state index is 8.53. The van der Waals surface area contributed by atoms with Gasteiger partial charge in [-0.1, -0.05) is 6.58 Å². The van der Waals surface area contributed by atoms with E-state index in [0.29, 0.717) is 5.57 Å². The fraction of sp³-hybridized carbons (Fsp3) is 0.100. The highest BCUT2D eigenvalue weighted by Gasteiger charge is 1.96. The van der Waals surface area contributed by atoms with Crippen LogP contribution < -0.4 is 4.74 Å². The SMILES string of the molecule is C=C(C#N)c1ccc(OC)cc1. The van der Waals surface area contributed by atoms with Crippen molar-refractivity contribution in [2.24, 2.45) is 0 Å². The zero-order valence-corrected chi connectivity index (χ0v) is 6.87. The van der Waals surface area contributed by atoms with Crippen molar-refractivity contribution in [3.05, 3.63) is 36.4 Å². The molecule has 1 aromatic carbocycles. The molecule has 2 heteroatoms. The minimum absolute atomic E-state index is 0.470. The zero-order valence-electron chi connectivity index (χ0n) is 6.87.